The molecule has 2 rings (SSSR count). The summed E-state index contributed by atoms with van der Waals surface area (Å²) in [6.45, 7) is 0. The number of hydrogen-bond donors (Lipinski definition) is 0. The monoisotopic (exact) mass is 233 g/mol. The fourth-order valence-corrected chi connectivity index (χ4v) is 1.59. The van der Waals surface area contributed by atoms with Gasteiger partial charge in [-0.15, -0.1) is 12.4 Å². The van der Waals surface area contributed by atoms with Crippen molar-refractivity contribution in [3.63, 3.8) is 0 Å². The molecule has 0 amide bonds. The highest BCUT2D eigenvalue weighted by Gasteiger charge is 2.00. The first-order chi connectivity index (χ1) is 5.79. The van der Waals surface area contributed by atoms with Gasteiger partial charge in [0.2, 0.25) is 0 Å². The van der Waals surface area contributed by atoms with Crippen molar-refractivity contribution in [3.8, 4) is 0 Å². The molecule has 0 bridgehead atoms. The van der Waals surface area contributed by atoms with Crippen LogP contribution in [0.4, 0.5) is 0 Å². The highest BCUT2D eigenvalue weighted by atomic mass is 35.5. The number of halogens is 3. The van der Waals surface area contributed by atoms with E-state index in [0.29, 0.717) is 10.2 Å². The third-order valence-electron chi connectivity index (χ3n) is 1.70. The third-order valence-corrected chi connectivity index (χ3v) is 2.34. The molecule has 68 valence electrons. The summed E-state index contributed by atoms with van der Waals surface area (Å²) in [5.74, 6) is 0. The lowest BCUT2D eigenvalue weighted by Gasteiger charge is -1.99. The zero-order valence-electron chi connectivity index (χ0n) is 6.50. The van der Waals surface area contributed by atoms with Crippen molar-refractivity contribution in [1.29, 1.82) is 0 Å². The SMILES string of the molecule is Cl.Clc1cccc2c(Cl)nccc12. The van der Waals surface area contributed by atoms with E-state index in [0.717, 1.165) is 10.8 Å². The molecule has 0 atom stereocenters. The molecule has 0 fully saturated rings. The largest absolute Gasteiger partial charge is 0.244 e. The number of fused-ring (bicyclic) bond motifs is 1. The normalized spacial score (nSPS) is 9.69. The zero-order valence-corrected chi connectivity index (χ0v) is 8.83. The van der Waals surface area contributed by atoms with Crippen LogP contribution in [0.15, 0.2) is 30.5 Å². The number of rotatable bonds is 0. The maximum Gasteiger partial charge on any atom is 0.136 e. The first-order valence-electron chi connectivity index (χ1n) is 3.48. The van der Waals surface area contributed by atoms with Gasteiger partial charge in [-0.3, -0.25) is 0 Å². The Morgan fingerprint density at radius 3 is 2.46 bits per heavy atom. The number of hydrogen-bond acceptors (Lipinski definition) is 1. The van der Waals surface area contributed by atoms with Gasteiger partial charge in [0.05, 0.1) is 0 Å². The van der Waals surface area contributed by atoms with E-state index < -0.39 is 0 Å². The van der Waals surface area contributed by atoms with Crippen molar-refractivity contribution in [1.82, 2.24) is 4.98 Å². The molecule has 1 nitrogen and oxygen atoms in total. The molecule has 13 heavy (non-hydrogen) atoms. The summed E-state index contributed by atoms with van der Waals surface area (Å²) >= 11 is 11.8. The molecule has 0 unspecified atom stereocenters. The highest BCUT2D eigenvalue weighted by molar-refractivity contribution is 6.38. The maximum atomic E-state index is 5.94. The van der Waals surface area contributed by atoms with Gasteiger partial charge >= 0.3 is 0 Å². The molecule has 4 heteroatoms. The number of pyridine rings is 1. The van der Waals surface area contributed by atoms with E-state index in [4.69, 9.17) is 23.2 Å². The number of nitrogens with zero attached hydrogens (tertiary/aromatic N) is 1. The van der Waals surface area contributed by atoms with Crippen molar-refractivity contribution in [2.75, 3.05) is 0 Å². The molecule has 1 aromatic heterocycles. The Bertz CT molecular complexity index is 387. The van der Waals surface area contributed by atoms with Gasteiger partial charge < -0.3 is 0 Å². The summed E-state index contributed by atoms with van der Waals surface area (Å²) < 4.78 is 0. The van der Waals surface area contributed by atoms with Crippen LogP contribution in [-0.2, 0) is 0 Å². The van der Waals surface area contributed by atoms with Crippen LogP contribution in [0.2, 0.25) is 10.2 Å². The van der Waals surface area contributed by atoms with Gasteiger partial charge in [-0.2, -0.15) is 0 Å². The van der Waals surface area contributed by atoms with E-state index in [1.54, 1.807) is 6.20 Å². The highest BCUT2D eigenvalue weighted by Crippen LogP contribution is 2.26. The van der Waals surface area contributed by atoms with Gasteiger partial charge in [0.25, 0.3) is 0 Å². The molecule has 0 saturated heterocycles. The lowest BCUT2D eigenvalue weighted by Crippen LogP contribution is -1.78. The minimum Gasteiger partial charge on any atom is -0.244 e. The van der Waals surface area contributed by atoms with Crippen LogP contribution in [0.1, 0.15) is 0 Å². The van der Waals surface area contributed by atoms with Gasteiger partial charge in [0.15, 0.2) is 0 Å². The first kappa shape index (κ1) is 10.6. The van der Waals surface area contributed by atoms with Crippen LogP contribution in [0.5, 0.6) is 0 Å². The van der Waals surface area contributed by atoms with Crippen LogP contribution >= 0.6 is 35.6 Å². The van der Waals surface area contributed by atoms with Gasteiger partial charge in [0.1, 0.15) is 5.15 Å². The Morgan fingerprint density at radius 1 is 1.00 bits per heavy atom. The smallest absolute Gasteiger partial charge is 0.136 e. The van der Waals surface area contributed by atoms with Crippen LogP contribution in [-0.4, -0.2) is 4.98 Å². The Labute approximate surface area is 92.1 Å². The minimum absolute atomic E-state index is 0. The van der Waals surface area contributed by atoms with Crippen LogP contribution in [0, 0.1) is 0 Å². The quantitative estimate of drug-likeness (QED) is 0.629. The summed E-state index contributed by atoms with van der Waals surface area (Å²) in [6, 6.07) is 7.44. The predicted octanol–water partition coefficient (Wildman–Crippen LogP) is 3.96. The molecule has 0 aliphatic heterocycles. The molecule has 0 aliphatic carbocycles. The van der Waals surface area contributed by atoms with E-state index in [1.807, 2.05) is 24.3 Å². The third kappa shape index (κ3) is 1.88. The Balaban J connectivity index is 0.000000845. The summed E-state index contributed by atoms with van der Waals surface area (Å²) in [5.41, 5.74) is 0. The first-order valence-corrected chi connectivity index (χ1v) is 4.23. The summed E-state index contributed by atoms with van der Waals surface area (Å²) in [4.78, 5) is 3.96. The average Bonchev–Trinajstić information content (AvgIpc) is 2.07. The molecule has 0 aliphatic rings. The Morgan fingerprint density at radius 2 is 1.77 bits per heavy atom. The molecule has 2 aromatic rings. The summed E-state index contributed by atoms with van der Waals surface area (Å²) in [6.07, 6.45) is 1.65. The lowest BCUT2D eigenvalue weighted by molar-refractivity contribution is 1.36. The Hall–Kier alpha value is -0.500. The predicted molar refractivity (Wildman–Crippen MR) is 59.0 cm³/mol. The van der Waals surface area contributed by atoms with Gasteiger partial charge in [-0.05, 0) is 12.1 Å². The number of aromatic nitrogens is 1. The zero-order chi connectivity index (χ0) is 8.55. The second-order valence-electron chi connectivity index (χ2n) is 2.44. The standard InChI is InChI=1S/C9H5Cl2N.ClH/c10-8-3-1-2-7-6(8)4-5-12-9(7)11;/h1-5H;1H. The second kappa shape index (κ2) is 4.14. The van der Waals surface area contributed by atoms with Crippen molar-refractivity contribution in [2.24, 2.45) is 0 Å². The number of benzene rings is 1. The summed E-state index contributed by atoms with van der Waals surface area (Å²) in [5, 5.41) is 3.04. The molecule has 1 aromatic carbocycles. The van der Waals surface area contributed by atoms with Crippen molar-refractivity contribution in [3.05, 3.63) is 40.6 Å². The lowest BCUT2D eigenvalue weighted by atomic mass is 10.2. The minimum atomic E-state index is 0. The molecular weight excluding hydrogens is 228 g/mol. The van der Waals surface area contributed by atoms with Gasteiger partial charge in [-0.1, -0.05) is 35.3 Å². The average molecular weight is 235 g/mol. The van der Waals surface area contributed by atoms with E-state index in [1.165, 1.54) is 0 Å². The maximum absolute atomic E-state index is 5.94. The second-order valence-corrected chi connectivity index (χ2v) is 3.20. The fourth-order valence-electron chi connectivity index (χ4n) is 1.13. The molecule has 0 radical (unpaired) electrons. The Kier molecular flexibility index (Phi) is 3.37. The van der Waals surface area contributed by atoms with Gasteiger partial charge in [-0.25, -0.2) is 4.98 Å². The fraction of sp³-hybridized carbons (Fsp3) is 0. The molecule has 0 spiro atoms. The van der Waals surface area contributed by atoms with Crippen molar-refractivity contribution < 1.29 is 0 Å². The van der Waals surface area contributed by atoms with Crippen molar-refractivity contribution in [2.45, 2.75) is 0 Å². The van der Waals surface area contributed by atoms with E-state index >= 15 is 0 Å². The molecule has 1 heterocycles. The topological polar surface area (TPSA) is 12.9 Å². The van der Waals surface area contributed by atoms with Crippen molar-refractivity contribution >= 4 is 46.4 Å². The van der Waals surface area contributed by atoms with Crippen LogP contribution in [0.3, 0.4) is 0 Å². The van der Waals surface area contributed by atoms with E-state index in [9.17, 15) is 0 Å². The molecular formula is C9H6Cl3N. The van der Waals surface area contributed by atoms with E-state index in [-0.39, 0.29) is 12.4 Å². The van der Waals surface area contributed by atoms with E-state index in [2.05, 4.69) is 4.98 Å². The van der Waals surface area contributed by atoms with Crippen LogP contribution < -0.4 is 0 Å². The molecule has 0 N–H and O–H groups in total. The summed E-state index contributed by atoms with van der Waals surface area (Å²) in [7, 11) is 0. The molecule has 0 saturated carbocycles. The van der Waals surface area contributed by atoms with Crippen LogP contribution in [0.25, 0.3) is 10.8 Å². The van der Waals surface area contributed by atoms with Gasteiger partial charge in [0, 0.05) is 22.0 Å².